The molecule has 0 saturated carbocycles. The molecular formula is C15H11ClO3. The van der Waals surface area contributed by atoms with E-state index in [0.29, 0.717) is 5.02 Å². The third kappa shape index (κ3) is 3.36. The molecule has 2 aromatic rings. The Morgan fingerprint density at radius 1 is 1.11 bits per heavy atom. The Bertz CT molecular complexity index is 648. The molecule has 0 unspecified atom stereocenters. The lowest BCUT2D eigenvalue weighted by Gasteiger charge is -2.00. The summed E-state index contributed by atoms with van der Waals surface area (Å²) in [5.74, 6) is -0.854. The quantitative estimate of drug-likeness (QED) is 0.834. The molecule has 2 rings (SSSR count). The Morgan fingerprint density at radius 2 is 1.89 bits per heavy atom. The number of aromatic hydroxyl groups is 1. The van der Waals surface area contributed by atoms with Crippen molar-refractivity contribution in [3.63, 3.8) is 0 Å². The molecule has 2 aromatic carbocycles. The van der Waals surface area contributed by atoms with Crippen LogP contribution in [0.4, 0.5) is 0 Å². The molecule has 0 aliphatic heterocycles. The third-order valence-electron chi connectivity index (χ3n) is 2.57. The van der Waals surface area contributed by atoms with Crippen molar-refractivity contribution in [2.24, 2.45) is 0 Å². The van der Waals surface area contributed by atoms with E-state index in [0.717, 1.165) is 11.1 Å². The fourth-order valence-corrected chi connectivity index (χ4v) is 1.85. The van der Waals surface area contributed by atoms with E-state index < -0.39 is 5.97 Å². The molecule has 0 aliphatic rings. The van der Waals surface area contributed by atoms with Gasteiger partial charge in [-0.1, -0.05) is 35.9 Å². The number of aromatic carboxylic acids is 1. The van der Waals surface area contributed by atoms with Crippen molar-refractivity contribution >= 4 is 29.7 Å². The van der Waals surface area contributed by atoms with Gasteiger partial charge in [-0.05, 0) is 41.5 Å². The summed E-state index contributed by atoms with van der Waals surface area (Å²) in [7, 11) is 0. The zero-order valence-electron chi connectivity index (χ0n) is 9.88. The highest BCUT2D eigenvalue weighted by molar-refractivity contribution is 6.32. The lowest BCUT2D eigenvalue weighted by atomic mass is 10.1. The molecule has 0 bridgehead atoms. The van der Waals surface area contributed by atoms with Crippen molar-refractivity contribution in [1.29, 1.82) is 0 Å². The molecule has 96 valence electrons. The molecule has 0 fully saturated rings. The fraction of sp³-hybridized carbons (Fsp3) is 0. The maximum Gasteiger partial charge on any atom is 0.335 e. The van der Waals surface area contributed by atoms with Crippen molar-refractivity contribution in [2.45, 2.75) is 0 Å². The molecule has 2 N–H and O–H groups in total. The van der Waals surface area contributed by atoms with Crippen LogP contribution < -0.4 is 0 Å². The second-order valence-electron chi connectivity index (χ2n) is 3.97. The van der Waals surface area contributed by atoms with Gasteiger partial charge < -0.3 is 10.2 Å². The fourth-order valence-electron chi connectivity index (χ4n) is 1.61. The minimum absolute atomic E-state index is 0.107. The predicted octanol–water partition coefficient (Wildman–Crippen LogP) is 3.91. The zero-order valence-corrected chi connectivity index (χ0v) is 10.6. The van der Waals surface area contributed by atoms with Gasteiger partial charge in [-0.15, -0.1) is 0 Å². The number of carbonyl (C=O) groups is 1. The lowest BCUT2D eigenvalue weighted by molar-refractivity contribution is 0.0697. The average molecular weight is 275 g/mol. The Morgan fingerprint density at radius 3 is 2.58 bits per heavy atom. The van der Waals surface area contributed by atoms with Gasteiger partial charge in [0.05, 0.1) is 10.6 Å². The van der Waals surface area contributed by atoms with Gasteiger partial charge in [0.15, 0.2) is 0 Å². The molecule has 19 heavy (non-hydrogen) atoms. The van der Waals surface area contributed by atoms with Gasteiger partial charge in [0.1, 0.15) is 5.75 Å². The number of phenols is 1. The van der Waals surface area contributed by atoms with E-state index in [-0.39, 0.29) is 11.3 Å². The molecule has 0 spiro atoms. The standard InChI is InChI=1S/C15H11ClO3/c16-14-9-13(17)7-6-11(14)5-4-10-2-1-3-12(8-10)15(18)19/h1-9,17H,(H,18,19). The Hall–Kier alpha value is -2.26. The number of carboxylic acids is 1. The van der Waals surface area contributed by atoms with Crippen molar-refractivity contribution in [1.82, 2.24) is 0 Å². The number of halogens is 1. The van der Waals surface area contributed by atoms with Gasteiger partial charge in [-0.2, -0.15) is 0 Å². The summed E-state index contributed by atoms with van der Waals surface area (Å²) in [5.41, 5.74) is 1.75. The van der Waals surface area contributed by atoms with Crippen LogP contribution >= 0.6 is 11.6 Å². The first kappa shape index (κ1) is 13.2. The average Bonchev–Trinajstić information content (AvgIpc) is 2.38. The molecule has 3 nitrogen and oxygen atoms in total. The van der Waals surface area contributed by atoms with Crippen LogP contribution in [-0.4, -0.2) is 16.2 Å². The summed E-state index contributed by atoms with van der Waals surface area (Å²) in [4.78, 5) is 10.8. The van der Waals surface area contributed by atoms with Crippen LogP contribution in [0.1, 0.15) is 21.5 Å². The summed E-state index contributed by atoms with van der Waals surface area (Å²) in [6, 6.07) is 11.3. The second kappa shape index (κ2) is 5.59. The minimum atomic E-state index is -0.960. The molecule has 0 saturated heterocycles. The molecule has 0 heterocycles. The zero-order chi connectivity index (χ0) is 13.8. The van der Waals surface area contributed by atoms with Crippen molar-refractivity contribution in [3.8, 4) is 5.75 Å². The molecule has 0 radical (unpaired) electrons. The van der Waals surface area contributed by atoms with E-state index in [9.17, 15) is 9.90 Å². The van der Waals surface area contributed by atoms with E-state index >= 15 is 0 Å². The van der Waals surface area contributed by atoms with Gasteiger partial charge in [-0.25, -0.2) is 4.79 Å². The Kier molecular flexibility index (Phi) is 3.88. The number of phenolic OH excluding ortho intramolecular Hbond substituents is 1. The smallest absolute Gasteiger partial charge is 0.335 e. The van der Waals surface area contributed by atoms with Crippen LogP contribution in [0.2, 0.25) is 5.02 Å². The number of carboxylic acid groups (broad SMARTS) is 1. The molecule has 0 aromatic heterocycles. The summed E-state index contributed by atoms with van der Waals surface area (Å²) < 4.78 is 0. The van der Waals surface area contributed by atoms with Crippen LogP contribution in [0.3, 0.4) is 0 Å². The molecule has 0 aliphatic carbocycles. The first-order valence-electron chi connectivity index (χ1n) is 5.56. The van der Waals surface area contributed by atoms with Crippen LogP contribution in [0, 0.1) is 0 Å². The number of hydrogen-bond donors (Lipinski definition) is 2. The topological polar surface area (TPSA) is 57.5 Å². The second-order valence-corrected chi connectivity index (χ2v) is 4.38. The largest absolute Gasteiger partial charge is 0.508 e. The van der Waals surface area contributed by atoms with Gasteiger partial charge in [0.2, 0.25) is 0 Å². The van der Waals surface area contributed by atoms with Gasteiger partial charge in [0.25, 0.3) is 0 Å². The molecular weight excluding hydrogens is 264 g/mol. The maximum absolute atomic E-state index is 10.8. The van der Waals surface area contributed by atoms with E-state index in [4.69, 9.17) is 16.7 Å². The van der Waals surface area contributed by atoms with Gasteiger partial charge in [0, 0.05) is 0 Å². The van der Waals surface area contributed by atoms with Crippen LogP contribution in [-0.2, 0) is 0 Å². The summed E-state index contributed by atoms with van der Waals surface area (Å²) in [6.45, 7) is 0. The summed E-state index contributed by atoms with van der Waals surface area (Å²) in [5, 5.41) is 18.6. The predicted molar refractivity (Wildman–Crippen MR) is 75.4 cm³/mol. The summed E-state index contributed by atoms with van der Waals surface area (Å²) in [6.07, 6.45) is 3.54. The minimum Gasteiger partial charge on any atom is -0.508 e. The van der Waals surface area contributed by atoms with E-state index in [2.05, 4.69) is 0 Å². The lowest BCUT2D eigenvalue weighted by Crippen LogP contribution is -1.95. The van der Waals surface area contributed by atoms with Gasteiger partial charge >= 0.3 is 5.97 Å². The number of benzene rings is 2. The molecule has 4 heteroatoms. The third-order valence-corrected chi connectivity index (χ3v) is 2.90. The van der Waals surface area contributed by atoms with Crippen molar-refractivity contribution in [2.75, 3.05) is 0 Å². The Labute approximate surface area is 115 Å². The SMILES string of the molecule is O=C(O)c1cccc(C=Cc2ccc(O)cc2Cl)c1. The number of rotatable bonds is 3. The van der Waals surface area contributed by atoms with E-state index in [1.807, 2.05) is 0 Å². The van der Waals surface area contributed by atoms with Crippen LogP contribution in [0.5, 0.6) is 5.75 Å². The molecule has 0 amide bonds. The first-order chi connectivity index (χ1) is 9.06. The van der Waals surface area contributed by atoms with E-state index in [1.54, 1.807) is 42.5 Å². The highest BCUT2D eigenvalue weighted by Gasteiger charge is 2.02. The molecule has 0 atom stereocenters. The van der Waals surface area contributed by atoms with Crippen molar-refractivity contribution in [3.05, 3.63) is 64.2 Å². The summed E-state index contributed by atoms with van der Waals surface area (Å²) >= 11 is 5.97. The number of hydrogen-bond acceptors (Lipinski definition) is 2. The highest BCUT2D eigenvalue weighted by atomic mass is 35.5. The van der Waals surface area contributed by atoms with Crippen LogP contribution in [0.15, 0.2) is 42.5 Å². The maximum atomic E-state index is 10.8. The normalized spacial score (nSPS) is 10.8. The first-order valence-corrected chi connectivity index (χ1v) is 5.94. The highest BCUT2D eigenvalue weighted by Crippen LogP contribution is 2.23. The van der Waals surface area contributed by atoms with E-state index in [1.165, 1.54) is 12.1 Å². The van der Waals surface area contributed by atoms with Gasteiger partial charge in [-0.3, -0.25) is 0 Å². The van der Waals surface area contributed by atoms with Crippen molar-refractivity contribution < 1.29 is 15.0 Å². The van der Waals surface area contributed by atoms with Crippen LogP contribution in [0.25, 0.3) is 12.2 Å². The Balaban J connectivity index is 2.27. The monoisotopic (exact) mass is 274 g/mol.